The summed E-state index contributed by atoms with van der Waals surface area (Å²) in [5, 5.41) is 0. The maximum Gasteiger partial charge on any atom is 0.410 e. The highest BCUT2D eigenvalue weighted by atomic mass is 127. The molecule has 208 valence electrons. The predicted molar refractivity (Wildman–Crippen MR) is 169 cm³/mol. The maximum absolute atomic E-state index is 12.7. The number of ether oxygens (including phenoxy) is 1. The zero-order valence-corrected chi connectivity index (χ0v) is 26.5. The molecule has 8 nitrogen and oxygen atoms in total. The van der Waals surface area contributed by atoms with Crippen molar-refractivity contribution < 1.29 is 14.3 Å². The van der Waals surface area contributed by atoms with Gasteiger partial charge in [-0.05, 0) is 80.6 Å². The SMILES string of the molecule is Cc1cc(-c2cnc3c(n2)c(-c2ccc(C(=O)N(C)C)cc2)cn3SI)cc2c1CN(C(=O)OC(C)(C)C)CC2. The smallest absolute Gasteiger partial charge is 0.410 e. The van der Waals surface area contributed by atoms with Crippen molar-refractivity contribution in [2.24, 2.45) is 0 Å². The number of aromatic nitrogens is 3. The molecule has 0 radical (unpaired) electrons. The van der Waals surface area contributed by atoms with Gasteiger partial charge < -0.3 is 14.5 Å². The summed E-state index contributed by atoms with van der Waals surface area (Å²) in [5.74, 6) is -0.0316. The van der Waals surface area contributed by atoms with Crippen LogP contribution in [-0.2, 0) is 17.7 Å². The average Bonchev–Trinajstić information content (AvgIpc) is 3.29. The lowest BCUT2D eigenvalue weighted by Gasteiger charge is -2.32. The number of rotatable bonds is 4. The van der Waals surface area contributed by atoms with Crippen LogP contribution in [0.1, 0.15) is 47.8 Å². The van der Waals surface area contributed by atoms with Crippen LogP contribution in [0.4, 0.5) is 4.79 Å². The Hall–Kier alpha value is -3.12. The Morgan fingerprint density at radius 2 is 1.82 bits per heavy atom. The number of fused-ring (bicyclic) bond motifs is 2. The van der Waals surface area contributed by atoms with Crippen molar-refractivity contribution in [2.75, 3.05) is 20.6 Å². The van der Waals surface area contributed by atoms with Crippen molar-refractivity contribution in [3.05, 3.63) is 71.0 Å². The van der Waals surface area contributed by atoms with Crippen LogP contribution in [0.2, 0.25) is 0 Å². The van der Waals surface area contributed by atoms with Gasteiger partial charge in [-0.15, -0.1) is 0 Å². The molecule has 0 unspecified atom stereocenters. The summed E-state index contributed by atoms with van der Waals surface area (Å²) in [6, 6.07) is 11.9. The van der Waals surface area contributed by atoms with Crippen molar-refractivity contribution in [2.45, 2.75) is 46.3 Å². The van der Waals surface area contributed by atoms with Crippen LogP contribution in [0, 0.1) is 6.92 Å². The Morgan fingerprint density at radius 3 is 2.48 bits per heavy atom. The van der Waals surface area contributed by atoms with E-state index in [4.69, 9.17) is 14.7 Å². The van der Waals surface area contributed by atoms with Gasteiger partial charge in [-0.1, -0.05) is 12.1 Å². The monoisotopic (exact) mass is 669 g/mol. The molecular formula is C30H32IN5O3S. The molecule has 0 atom stereocenters. The van der Waals surface area contributed by atoms with E-state index in [1.165, 1.54) is 14.7 Å². The van der Waals surface area contributed by atoms with Crippen molar-refractivity contribution in [3.63, 3.8) is 0 Å². The molecule has 4 aromatic rings. The molecule has 0 bridgehead atoms. The maximum atomic E-state index is 12.7. The molecule has 1 aliphatic rings. The lowest BCUT2D eigenvalue weighted by atomic mass is 9.92. The highest BCUT2D eigenvalue weighted by molar-refractivity contribution is 14.2. The van der Waals surface area contributed by atoms with Crippen LogP contribution in [-0.4, -0.2) is 62.0 Å². The summed E-state index contributed by atoms with van der Waals surface area (Å²) >= 11 is 2.24. The van der Waals surface area contributed by atoms with E-state index >= 15 is 0 Å². The summed E-state index contributed by atoms with van der Waals surface area (Å²) < 4.78 is 7.60. The van der Waals surface area contributed by atoms with Crippen LogP contribution in [0.25, 0.3) is 33.5 Å². The second-order valence-electron chi connectivity index (χ2n) is 11.2. The Kier molecular flexibility index (Phi) is 7.84. The molecule has 0 N–H and O–H groups in total. The Bertz CT molecular complexity index is 1610. The number of aryl methyl sites for hydroxylation is 1. The van der Waals surface area contributed by atoms with Crippen LogP contribution >= 0.6 is 30.3 Å². The largest absolute Gasteiger partial charge is 0.444 e. The lowest BCUT2D eigenvalue weighted by Crippen LogP contribution is -2.40. The van der Waals surface area contributed by atoms with Crippen molar-refractivity contribution in [1.82, 2.24) is 23.7 Å². The van der Waals surface area contributed by atoms with E-state index in [1.807, 2.05) is 61.4 Å². The molecule has 0 saturated heterocycles. The van der Waals surface area contributed by atoms with Gasteiger partial charge in [-0.3, -0.25) is 8.77 Å². The first kappa shape index (κ1) is 28.4. The topological polar surface area (TPSA) is 80.6 Å². The zero-order chi connectivity index (χ0) is 28.8. The van der Waals surface area contributed by atoms with Gasteiger partial charge in [0.1, 0.15) is 11.1 Å². The summed E-state index contributed by atoms with van der Waals surface area (Å²) in [6.07, 6.45) is 4.34. The highest BCUT2D eigenvalue weighted by Crippen LogP contribution is 2.35. The molecule has 2 aromatic heterocycles. The Morgan fingerprint density at radius 1 is 1.10 bits per heavy atom. The molecule has 0 fully saturated rings. The van der Waals surface area contributed by atoms with E-state index in [9.17, 15) is 9.59 Å². The summed E-state index contributed by atoms with van der Waals surface area (Å²) in [7, 11) is 5.03. The normalized spacial score (nSPS) is 13.3. The average molecular weight is 670 g/mol. The molecule has 0 saturated carbocycles. The quantitative estimate of drug-likeness (QED) is 0.220. The molecule has 2 aromatic carbocycles. The van der Waals surface area contributed by atoms with E-state index in [1.54, 1.807) is 23.9 Å². The first-order valence-corrected chi connectivity index (χ1v) is 16.4. The number of hydrogen-bond donors (Lipinski definition) is 0. The van der Waals surface area contributed by atoms with Gasteiger partial charge in [0, 0.05) is 80.4 Å². The molecule has 10 heteroatoms. The molecule has 0 aliphatic carbocycles. The van der Waals surface area contributed by atoms with E-state index in [-0.39, 0.29) is 12.0 Å². The number of amides is 2. The molecule has 0 spiro atoms. The zero-order valence-electron chi connectivity index (χ0n) is 23.5. The number of nitrogens with zero attached hydrogens (tertiary/aromatic N) is 5. The Balaban J connectivity index is 1.49. The second kappa shape index (κ2) is 11.0. The molecular weight excluding hydrogens is 637 g/mol. The van der Waals surface area contributed by atoms with E-state index in [0.29, 0.717) is 18.7 Å². The van der Waals surface area contributed by atoms with Gasteiger partial charge in [0.15, 0.2) is 5.65 Å². The Labute approximate surface area is 250 Å². The van der Waals surface area contributed by atoms with Gasteiger partial charge in [0.05, 0.1) is 11.9 Å². The molecule has 2 amide bonds. The first-order chi connectivity index (χ1) is 18.9. The fraction of sp³-hybridized carbons (Fsp3) is 0.333. The second-order valence-corrected chi connectivity index (χ2v) is 12.9. The molecule has 1 aliphatic heterocycles. The third-order valence-corrected chi connectivity index (χ3v) is 8.60. The highest BCUT2D eigenvalue weighted by Gasteiger charge is 2.27. The van der Waals surface area contributed by atoms with E-state index < -0.39 is 5.60 Å². The van der Waals surface area contributed by atoms with Crippen molar-refractivity contribution >= 4 is 53.5 Å². The predicted octanol–water partition coefficient (Wildman–Crippen LogP) is 6.92. The summed E-state index contributed by atoms with van der Waals surface area (Å²) in [5.41, 5.74) is 8.94. The van der Waals surface area contributed by atoms with Crippen LogP contribution in [0.3, 0.4) is 0 Å². The number of hydrogen-bond acceptors (Lipinski definition) is 6. The molecule has 40 heavy (non-hydrogen) atoms. The van der Waals surface area contributed by atoms with Crippen LogP contribution in [0.5, 0.6) is 0 Å². The fourth-order valence-corrected chi connectivity index (χ4v) is 6.16. The summed E-state index contributed by atoms with van der Waals surface area (Å²) in [6.45, 7) is 8.89. The van der Waals surface area contributed by atoms with Crippen LogP contribution < -0.4 is 0 Å². The van der Waals surface area contributed by atoms with Crippen LogP contribution in [0.15, 0.2) is 48.8 Å². The van der Waals surface area contributed by atoms with Gasteiger partial charge in [-0.2, -0.15) is 0 Å². The fourth-order valence-electron chi connectivity index (χ4n) is 4.91. The van der Waals surface area contributed by atoms with Crippen molar-refractivity contribution in [3.8, 4) is 22.4 Å². The molecule has 3 heterocycles. The standard InChI is InChI=1S/C30H32IN5O3S/c1-18-13-22(14-21-11-12-35(16-23(18)21)29(38)39-30(2,3)4)25-15-32-27-26(33-25)24(17-36(27)40-31)19-7-9-20(10-8-19)28(37)34(5)6/h7-10,13-15,17H,11-12,16H2,1-6H3. The minimum Gasteiger partial charge on any atom is -0.444 e. The van der Waals surface area contributed by atoms with Gasteiger partial charge in [0.2, 0.25) is 0 Å². The number of carbonyl (C=O) groups is 2. The minimum atomic E-state index is -0.521. The lowest BCUT2D eigenvalue weighted by molar-refractivity contribution is 0.0223. The van der Waals surface area contributed by atoms with Crippen molar-refractivity contribution in [1.29, 1.82) is 0 Å². The van der Waals surface area contributed by atoms with Gasteiger partial charge >= 0.3 is 6.09 Å². The summed E-state index contributed by atoms with van der Waals surface area (Å²) in [4.78, 5) is 38.3. The third-order valence-electron chi connectivity index (χ3n) is 6.90. The third kappa shape index (κ3) is 5.69. The van der Waals surface area contributed by atoms with Gasteiger partial charge in [-0.25, -0.2) is 14.8 Å². The van der Waals surface area contributed by atoms with E-state index in [2.05, 4.69) is 40.3 Å². The molecule has 5 rings (SSSR count). The van der Waals surface area contributed by atoms with Gasteiger partial charge in [0.25, 0.3) is 5.91 Å². The number of benzene rings is 2. The minimum absolute atomic E-state index is 0.0316. The first-order valence-electron chi connectivity index (χ1n) is 13.0. The number of halogens is 1. The number of carbonyl (C=O) groups excluding carboxylic acids is 2. The van der Waals surface area contributed by atoms with E-state index in [0.717, 1.165) is 51.1 Å².